The minimum atomic E-state index is -1.94. The van der Waals surface area contributed by atoms with Crippen LogP contribution in [0.3, 0.4) is 0 Å². The molecule has 1 aliphatic rings. The van der Waals surface area contributed by atoms with Gasteiger partial charge in [-0.15, -0.1) is 0 Å². The van der Waals surface area contributed by atoms with Gasteiger partial charge in [0.1, 0.15) is 18.8 Å². The van der Waals surface area contributed by atoms with Gasteiger partial charge in [0.2, 0.25) is 5.91 Å². The van der Waals surface area contributed by atoms with Crippen LogP contribution >= 0.6 is 0 Å². The molecule has 0 bridgehead atoms. The molecule has 0 aromatic heterocycles. The number of nitrogens with one attached hydrogen (secondary N) is 1. The molecular weight excluding hydrogens is 493 g/mol. The van der Waals surface area contributed by atoms with E-state index < -0.39 is 55.2 Å². The Hall–Kier alpha value is -4.08. The van der Waals surface area contributed by atoms with E-state index in [9.17, 15) is 14.4 Å². The van der Waals surface area contributed by atoms with Crippen LogP contribution < -0.4 is 5.32 Å². The molecule has 1 aliphatic heterocycles. The predicted octanol–water partition coefficient (Wildman–Crippen LogP) is 3.85. The Balaban J connectivity index is 1.56. The van der Waals surface area contributed by atoms with Crippen molar-refractivity contribution >= 4 is 17.8 Å². The second-order valence-electron chi connectivity index (χ2n) is 8.71. The van der Waals surface area contributed by atoms with Crippen molar-refractivity contribution in [1.29, 1.82) is 0 Å². The topological polar surface area (TPSA) is 100 Å². The lowest BCUT2D eigenvalue weighted by Gasteiger charge is -2.42. The number of halogens is 1. The molecule has 0 aliphatic carbocycles. The number of carbonyl (C=O) groups is 3. The van der Waals surface area contributed by atoms with Crippen LogP contribution in [0.25, 0.3) is 0 Å². The Morgan fingerprint density at radius 1 is 0.842 bits per heavy atom. The lowest BCUT2D eigenvalue weighted by molar-refractivity contribution is -0.261. The van der Waals surface area contributed by atoms with Gasteiger partial charge in [0, 0.05) is 6.92 Å². The Labute approximate surface area is 219 Å². The molecule has 3 aromatic rings. The summed E-state index contributed by atoms with van der Waals surface area (Å²) in [6.07, 6.45) is -5.97. The molecule has 9 heteroatoms. The first-order chi connectivity index (χ1) is 18.4. The Morgan fingerprint density at radius 3 is 1.97 bits per heavy atom. The van der Waals surface area contributed by atoms with Crippen LogP contribution in [0.4, 0.5) is 4.39 Å². The third-order valence-electron chi connectivity index (χ3n) is 5.89. The van der Waals surface area contributed by atoms with E-state index in [1.807, 2.05) is 30.3 Å². The average Bonchev–Trinajstić information content (AvgIpc) is 2.95. The van der Waals surface area contributed by atoms with E-state index in [0.717, 1.165) is 5.56 Å². The number of ether oxygens (including phenoxy) is 4. The highest BCUT2D eigenvalue weighted by atomic mass is 19.1. The molecule has 1 fully saturated rings. The zero-order valence-corrected chi connectivity index (χ0v) is 20.7. The monoisotopic (exact) mass is 521 g/mol. The summed E-state index contributed by atoms with van der Waals surface area (Å²) in [5.41, 5.74) is 1.31. The van der Waals surface area contributed by atoms with Gasteiger partial charge in [-0.2, -0.15) is 0 Å². The van der Waals surface area contributed by atoms with E-state index in [1.165, 1.54) is 19.1 Å². The summed E-state index contributed by atoms with van der Waals surface area (Å²) in [5, 5.41) is 2.60. The summed E-state index contributed by atoms with van der Waals surface area (Å²) in [6.45, 7) is 0.867. The quantitative estimate of drug-likeness (QED) is 0.427. The molecule has 1 heterocycles. The van der Waals surface area contributed by atoms with Crippen molar-refractivity contribution in [3.63, 3.8) is 0 Å². The fourth-order valence-corrected chi connectivity index (χ4v) is 4.03. The first kappa shape index (κ1) is 27.0. The second kappa shape index (κ2) is 12.9. The van der Waals surface area contributed by atoms with Gasteiger partial charge in [-0.3, -0.25) is 4.79 Å². The Morgan fingerprint density at radius 2 is 1.39 bits per heavy atom. The summed E-state index contributed by atoms with van der Waals surface area (Å²) in [5.74, 6) is -1.93. The van der Waals surface area contributed by atoms with E-state index >= 15 is 4.39 Å². The molecule has 5 atom stereocenters. The van der Waals surface area contributed by atoms with E-state index in [2.05, 4.69) is 5.32 Å². The number of rotatable bonds is 9. The molecule has 3 aromatic carbocycles. The number of carbonyl (C=O) groups excluding carboxylic acids is 3. The van der Waals surface area contributed by atoms with Gasteiger partial charge in [-0.05, 0) is 29.8 Å². The highest BCUT2D eigenvalue weighted by molar-refractivity contribution is 5.90. The molecule has 8 nitrogen and oxygen atoms in total. The van der Waals surface area contributed by atoms with Crippen molar-refractivity contribution in [2.75, 3.05) is 6.61 Å². The Bertz CT molecular complexity index is 1210. The molecule has 1 N–H and O–H groups in total. The first-order valence-electron chi connectivity index (χ1n) is 12.1. The normalized spacial score (nSPS) is 22.7. The van der Waals surface area contributed by atoms with E-state index in [1.54, 1.807) is 48.5 Å². The zero-order valence-electron chi connectivity index (χ0n) is 20.7. The van der Waals surface area contributed by atoms with Crippen LogP contribution in [0.15, 0.2) is 91.0 Å². The maximum atomic E-state index is 15.9. The minimum Gasteiger partial charge on any atom is -0.459 e. The van der Waals surface area contributed by atoms with Crippen LogP contribution in [-0.2, 0) is 30.3 Å². The van der Waals surface area contributed by atoms with Crippen molar-refractivity contribution < 1.29 is 37.7 Å². The van der Waals surface area contributed by atoms with Crippen molar-refractivity contribution in [3.05, 3.63) is 108 Å². The number of hydrogen-bond donors (Lipinski definition) is 1. The van der Waals surface area contributed by atoms with Crippen molar-refractivity contribution in [3.8, 4) is 0 Å². The number of esters is 2. The molecule has 4 rings (SSSR count). The van der Waals surface area contributed by atoms with Crippen LogP contribution in [0, 0.1) is 0 Å². The van der Waals surface area contributed by atoms with Gasteiger partial charge >= 0.3 is 11.9 Å². The van der Waals surface area contributed by atoms with Crippen LogP contribution in [0.1, 0.15) is 33.2 Å². The first-order valence-corrected chi connectivity index (χ1v) is 12.1. The van der Waals surface area contributed by atoms with Gasteiger partial charge in [0.05, 0.1) is 17.7 Å². The van der Waals surface area contributed by atoms with Gasteiger partial charge < -0.3 is 24.3 Å². The van der Waals surface area contributed by atoms with E-state index in [-0.39, 0.29) is 12.2 Å². The highest BCUT2D eigenvalue weighted by Crippen LogP contribution is 2.29. The van der Waals surface area contributed by atoms with Crippen molar-refractivity contribution in [1.82, 2.24) is 5.32 Å². The van der Waals surface area contributed by atoms with Crippen LogP contribution in [-0.4, -0.2) is 55.2 Å². The van der Waals surface area contributed by atoms with Crippen LogP contribution in [0.2, 0.25) is 0 Å². The van der Waals surface area contributed by atoms with Gasteiger partial charge in [-0.25, -0.2) is 14.0 Å². The standard InChI is InChI=1S/C29H28FNO7/c1-19(32)31-25-26(38-28(34)22-15-9-4-10-16-22)24(30)23(18-35-27(33)21-13-7-3-8-14-21)37-29(25)36-17-20-11-5-2-6-12-20/h2-16,23-26,29H,17-18H2,1H3,(H,31,32)/t23?,24-,25?,26?,29+/m0/s1. The smallest absolute Gasteiger partial charge is 0.338 e. The summed E-state index contributed by atoms with van der Waals surface area (Å²) >= 11 is 0. The number of alkyl halides is 1. The van der Waals surface area contributed by atoms with Crippen molar-refractivity contribution in [2.45, 2.75) is 44.2 Å². The third-order valence-corrected chi connectivity index (χ3v) is 5.89. The molecule has 0 saturated carbocycles. The fraction of sp³-hybridized carbons (Fsp3) is 0.276. The summed E-state index contributed by atoms with van der Waals surface area (Å²) in [4.78, 5) is 37.4. The Kier molecular flexibility index (Phi) is 9.18. The van der Waals surface area contributed by atoms with Gasteiger partial charge in [0.15, 0.2) is 18.6 Å². The maximum absolute atomic E-state index is 15.9. The number of hydrogen-bond acceptors (Lipinski definition) is 7. The summed E-state index contributed by atoms with van der Waals surface area (Å²) < 4.78 is 38.6. The lowest BCUT2D eigenvalue weighted by Crippen LogP contribution is -2.64. The molecule has 3 unspecified atom stereocenters. The molecule has 38 heavy (non-hydrogen) atoms. The maximum Gasteiger partial charge on any atom is 0.338 e. The highest BCUT2D eigenvalue weighted by Gasteiger charge is 2.50. The second-order valence-corrected chi connectivity index (χ2v) is 8.71. The largest absolute Gasteiger partial charge is 0.459 e. The summed E-state index contributed by atoms with van der Waals surface area (Å²) in [7, 11) is 0. The zero-order chi connectivity index (χ0) is 26.9. The SMILES string of the molecule is CC(=O)NC1C(OC(=O)c2ccccc2)[C@@H](F)C(COC(=O)c2ccccc2)O[C@H]1OCc1ccccc1. The molecular formula is C29H28FNO7. The van der Waals surface area contributed by atoms with Gasteiger partial charge in [-0.1, -0.05) is 66.7 Å². The molecule has 0 radical (unpaired) electrons. The van der Waals surface area contributed by atoms with E-state index in [0.29, 0.717) is 5.56 Å². The average molecular weight is 522 g/mol. The third kappa shape index (κ3) is 7.02. The number of benzene rings is 3. The predicted molar refractivity (Wildman–Crippen MR) is 135 cm³/mol. The van der Waals surface area contributed by atoms with E-state index in [4.69, 9.17) is 18.9 Å². The fourth-order valence-electron chi connectivity index (χ4n) is 4.03. The molecule has 1 saturated heterocycles. The molecule has 1 amide bonds. The minimum absolute atomic E-state index is 0.0778. The van der Waals surface area contributed by atoms with Crippen molar-refractivity contribution in [2.24, 2.45) is 0 Å². The summed E-state index contributed by atoms with van der Waals surface area (Å²) in [6, 6.07) is 24.4. The number of amides is 1. The lowest BCUT2D eigenvalue weighted by atomic mass is 9.97. The van der Waals surface area contributed by atoms with Crippen LogP contribution in [0.5, 0.6) is 0 Å². The molecule has 0 spiro atoms. The molecule has 198 valence electrons. The van der Waals surface area contributed by atoms with Gasteiger partial charge in [0.25, 0.3) is 0 Å².